The number of hydrogen-bond donors (Lipinski definition) is 2. The normalized spacial score (nSPS) is 16.5. The van der Waals surface area contributed by atoms with E-state index < -0.39 is 5.82 Å². The molecular weight excluding hydrogens is 341 g/mol. The van der Waals surface area contributed by atoms with E-state index >= 15 is 0 Å². The smallest absolute Gasteiger partial charge is 0.282 e. The molecule has 1 saturated heterocycles. The molecule has 0 saturated carbocycles. The molecule has 2 N–H and O–H groups in total. The van der Waals surface area contributed by atoms with Crippen molar-refractivity contribution in [2.45, 2.75) is 13.0 Å². The fraction of sp³-hybridized carbons (Fsp3) is 0.316. The molecule has 1 aliphatic heterocycles. The second-order valence-electron chi connectivity index (χ2n) is 6.32. The number of benzene rings is 2. The molecule has 0 spiro atoms. The second kappa shape index (κ2) is 7.85. The zero-order valence-electron chi connectivity index (χ0n) is 14.1. The molecule has 0 bridgehead atoms. The lowest BCUT2D eigenvalue weighted by molar-refractivity contribution is -0.914. The van der Waals surface area contributed by atoms with Crippen molar-refractivity contribution in [1.29, 1.82) is 0 Å². The van der Waals surface area contributed by atoms with Crippen molar-refractivity contribution in [3.05, 3.63) is 59.4 Å². The summed E-state index contributed by atoms with van der Waals surface area (Å²) in [4.78, 5) is 16.0. The Labute approximate surface area is 152 Å². The van der Waals surface area contributed by atoms with Gasteiger partial charge < -0.3 is 15.1 Å². The van der Waals surface area contributed by atoms with E-state index in [1.165, 1.54) is 22.7 Å². The van der Waals surface area contributed by atoms with Gasteiger partial charge in [0.15, 0.2) is 6.04 Å². The monoisotopic (exact) mass is 362 g/mol. The lowest BCUT2D eigenvalue weighted by Crippen LogP contribution is -3.19. The van der Waals surface area contributed by atoms with Gasteiger partial charge in [-0.3, -0.25) is 4.79 Å². The number of para-hydroxylation sites is 1. The Hall–Kier alpha value is -2.11. The van der Waals surface area contributed by atoms with Crippen LogP contribution in [-0.4, -0.2) is 38.1 Å². The van der Waals surface area contributed by atoms with Gasteiger partial charge in [-0.2, -0.15) is 0 Å². The highest BCUT2D eigenvalue weighted by atomic mass is 35.5. The van der Waals surface area contributed by atoms with Crippen molar-refractivity contribution in [2.75, 3.05) is 36.4 Å². The lowest BCUT2D eigenvalue weighted by atomic mass is 10.2. The minimum atomic E-state index is -0.517. The summed E-state index contributed by atoms with van der Waals surface area (Å²) in [5.41, 5.74) is 1.38. The summed E-state index contributed by atoms with van der Waals surface area (Å²) in [7, 11) is 0. The minimum absolute atomic E-state index is 0.170. The number of halogens is 2. The molecule has 0 unspecified atom stereocenters. The summed E-state index contributed by atoms with van der Waals surface area (Å²) in [6.07, 6.45) is 0. The standard InChI is InChI=1S/C19H21ClFN3O/c1-14(19(25)22-18-8-7-15(20)13-17(18)21)23-9-11-24(12-10-23)16-5-3-2-4-6-16/h2-8,13-14H,9-12H2,1H3,(H,22,25)/p+1/t14-/m0/s1. The van der Waals surface area contributed by atoms with Crippen LogP contribution in [0.1, 0.15) is 6.92 Å². The molecule has 4 nitrogen and oxygen atoms in total. The lowest BCUT2D eigenvalue weighted by Gasteiger charge is -2.36. The molecule has 25 heavy (non-hydrogen) atoms. The van der Waals surface area contributed by atoms with E-state index in [0.29, 0.717) is 5.02 Å². The van der Waals surface area contributed by atoms with Gasteiger partial charge in [0.1, 0.15) is 5.82 Å². The van der Waals surface area contributed by atoms with Gasteiger partial charge in [-0.1, -0.05) is 29.8 Å². The summed E-state index contributed by atoms with van der Waals surface area (Å²) < 4.78 is 13.8. The van der Waals surface area contributed by atoms with Crippen LogP contribution in [-0.2, 0) is 4.79 Å². The van der Waals surface area contributed by atoms with Crippen molar-refractivity contribution in [1.82, 2.24) is 0 Å². The third-order valence-corrected chi connectivity index (χ3v) is 4.96. The van der Waals surface area contributed by atoms with Gasteiger partial charge in [0.05, 0.1) is 31.9 Å². The summed E-state index contributed by atoms with van der Waals surface area (Å²) in [5.74, 6) is -0.693. The Kier molecular flexibility index (Phi) is 5.56. The first-order valence-corrected chi connectivity index (χ1v) is 8.83. The number of amides is 1. The average Bonchev–Trinajstić information content (AvgIpc) is 2.64. The summed E-state index contributed by atoms with van der Waals surface area (Å²) in [6, 6.07) is 14.3. The van der Waals surface area contributed by atoms with Gasteiger partial charge >= 0.3 is 0 Å². The number of carbonyl (C=O) groups is 1. The molecule has 0 aliphatic carbocycles. The van der Waals surface area contributed by atoms with Crippen LogP contribution >= 0.6 is 11.6 Å². The number of hydrogen-bond acceptors (Lipinski definition) is 2. The summed E-state index contributed by atoms with van der Waals surface area (Å²) in [5, 5.41) is 2.98. The van der Waals surface area contributed by atoms with E-state index in [4.69, 9.17) is 11.6 Å². The maximum atomic E-state index is 13.8. The van der Waals surface area contributed by atoms with Crippen molar-refractivity contribution in [2.24, 2.45) is 0 Å². The zero-order chi connectivity index (χ0) is 17.8. The van der Waals surface area contributed by atoms with Crippen LogP contribution in [0.3, 0.4) is 0 Å². The summed E-state index contributed by atoms with van der Waals surface area (Å²) >= 11 is 5.74. The van der Waals surface area contributed by atoms with Gasteiger partial charge in [-0.15, -0.1) is 0 Å². The molecule has 0 aromatic heterocycles. The maximum absolute atomic E-state index is 13.8. The molecular formula is C19H22ClFN3O+. The molecule has 1 aliphatic rings. The van der Waals surface area contributed by atoms with Crippen molar-refractivity contribution < 1.29 is 14.1 Å². The molecule has 1 atom stereocenters. The molecule has 3 rings (SSSR count). The number of carbonyl (C=O) groups excluding carboxylic acids is 1. The Balaban J connectivity index is 1.56. The quantitative estimate of drug-likeness (QED) is 0.875. The fourth-order valence-electron chi connectivity index (χ4n) is 3.14. The first-order chi connectivity index (χ1) is 12.0. The topological polar surface area (TPSA) is 36.8 Å². The predicted molar refractivity (Wildman–Crippen MR) is 98.9 cm³/mol. The number of piperazine rings is 1. The van der Waals surface area contributed by atoms with Crippen LogP contribution in [0.15, 0.2) is 48.5 Å². The molecule has 1 amide bonds. The third kappa shape index (κ3) is 4.30. The highest BCUT2D eigenvalue weighted by Crippen LogP contribution is 2.19. The second-order valence-corrected chi connectivity index (χ2v) is 6.75. The zero-order valence-corrected chi connectivity index (χ0v) is 14.9. The van der Waals surface area contributed by atoms with Gasteiger partial charge in [-0.05, 0) is 37.3 Å². The number of quaternary nitrogens is 1. The fourth-order valence-corrected chi connectivity index (χ4v) is 3.30. The molecule has 2 aromatic rings. The Morgan fingerprint density at radius 2 is 1.88 bits per heavy atom. The molecule has 6 heteroatoms. The molecule has 1 fully saturated rings. The van der Waals surface area contributed by atoms with Gasteiger partial charge in [0.2, 0.25) is 0 Å². The van der Waals surface area contributed by atoms with E-state index in [-0.39, 0.29) is 17.6 Å². The van der Waals surface area contributed by atoms with E-state index in [1.54, 1.807) is 6.07 Å². The number of nitrogens with zero attached hydrogens (tertiary/aromatic N) is 1. The van der Waals surface area contributed by atoms with Gasteiger partial charge in [-0.25, -0.2) is 4.39 Å². The SMILES string of the molecule is C[C@@H](C(=O)Nc1ccc(Cl)cc1F)[NH+]1CCN(c2ccccc2)CC1. The van der Waals surface area contributed by atoms with Gasteiger partial charge in [0.25, 0.3) is 5.91 Å². The number of anilines is 2. The molecule has 132 valence electrons. The van der Waals surface area contributed by atoms with Crippen LogP contribution in [0.2, 0.25) is 5.02 Å². The number of rotatable bonds is 4. The minimum Gasteiger partial charge on any atom is -0.360 e. The Morgan fingerprint density at radius 1 is 1.20 bits per heavy atom. The van der Waals surface area contributed by atoms with Crippen LogP contribution in [0, 0.1) is 5.82 Å². The van der Waals surface area contributed by atoms with Crippen LogP contribution in [0.25, 0.3) is 0 Å². The highest BCUT2D eigenvalue weighted by molar-refractivity contribution is 6.30. The van der Waals surface area contributed by atoms with E-state index in [0.717, 1.165) is 26.2 Å². The largest absolute Gasteiger partial charge is 0.360 e. The first-order valence-electron chi connectivity index (χ1n) is 8.45. The highest BCUT2D eigenvalue weighted by Gasteiger charge is 2.29. The Morgan fingerprint density at radius 3 is 2.52 bits per heavy atom. The Bertz CT molecular complexity index is 733. The molecule has 2 aromatic carbocycles. The van der Waals surface area contributed by atoms with Gasteiger partial charge in [0, 0.05) is 10.7 Å². The van der Waals surface area contributed by atoms with Crippen LogP contribution in [0.5, 0.6) is 0 Å². The van der Waals surface area contributed by atoms with E-state index in [2.05, 4.69) is 22.3 Å². The van der Waals surface area contributed by atoms with Crippen LogP contribution in [0.4, 0.5) is 15.8 Å². The van der Waals surface area contributed by atoms with Crippen LogP contribution < -0.4 is 15.1 Å². The van der Waals surface area contributed by atoms with Crippen molar-refractivity contribution in [3.8, 4) is 0 Å². The first kappa shape index (κ1) is 17.7. The predicted octanol–water partition coefficient (Wildman–Crippen LogP) is 2.21. The molecule has 1 heterocycles. The van der Waals surface area contributed by atoms with Crippen molar-refractivity contribution >= 4 is 28.9 Å². The maximum Gasteiger partial charge on any atom is 0.282 e. The van der Waals surface area contributed by atoms with E-state index in [1.807, 2.05) is 25.1 Å². The van der Waals surface area contributed by atoms with E-state index in [9.17, 15) is 9.18 Å². The molecule has 0 radical (unpaired) electrons. The number of nitrogens with one attached hydrogen (secondary N) is 2. The third-order valence-electron chi connectivity index (χ3n) is 4.72. The average molecular weight is 363 g/mol. The van der Waals surface area contributed by atoms with Crippen molar-refractivity contribution in [3.63, 3.8) is 0 Å². The summed E-state index contributed by atoms with van der Waals surface area (Å²) in [6.45, 7) is 5.41.